The summed E-state index contributed by atoms with van der Waals surface area (Å²) in [6.45, 7) is 0.521. The Kier molecular flexibility index (Phi) is 5.07. The maximum Gasteiger partial charge on any atom is 0.328 e. The topological polar surface area (TPSA) is 66.4 Å². The van der Waals surface area contributed by atoms with E-state index in [1.807, 2.05) is 0 Å². The van der Waals surface area contributed by atoms with Gasteiger partial charge in [0.1, 0.15) is 6.67 Å². The molecule has 1 aromatic heterocycles. The maximum atomic E-state index is 12.3. The smallest absolute Gasteiger partial charge is 0.328 e. The number of carboxylic acids is 1. The second kappa shape index (κ2) is 6.11. The minimum absolute atomic E-state index is 0.496. The fourth-order valence-electron chi connectivity index (χ4n) is 1.15. The lowest BCUT2D eigenvalue weighted by atomic mass is 10.1. The molecule has 1 aromatic rings. The van der Waals surface area contributed by atoms with Crippen molar-refractivity contribution in [2.24, 2.45) is 0 Å². The van der Waals surface area contributed by atoms with Crippen LogP contribution in [0.5, 0.6) is 0 Å². The van der Waals surface area contributed by atoms with E-state index in [9.17, 15) is 14.0 Å². The Morgan fingerprint density at radius 3 is 2.65 bits per heavy atom. The van der Waals surface area contributed by atoms with Gasteiger partial charge in [-0.05, 0) is 35.0 Å². The number of hydrogen-bond donors (Lipinski definition) is 2. The zero-order valence-corrected chi connectivity index (χ0v) is 11.3. The molecule has 2 unspecified atom stereocenters. The number of aliphatic carboxylic acids is 1. The van der Waals surface area contributed by atoms with E-state index >= 15 is 0 Å². The highest BCUT2D eigenvalue weighted by Gasteiger charge is 2.24. The van der Waals surface area contributed by atoms with Crippen molar-refractivity contribution in [3.63, 3.8) is 0 Å². The van der Waals surface area contributed by atoms with E-state index in [0.29, 0.717) is 0 Å². The van der Waals surface area contributed by atoms with Crippen molar-refractivity contribution in [1.82, 2.24) is 5.32 Å². The summed E-state index contributed by atoms with van der Waals surface area (Å²) >= 11 is 4.65. The van der Waals surface area contributed by atoms with E-state index < -0.39 is 30.5 Å². The van der Waals surface area contributed by atoms with E-state index in [1.54, 1.807) is 19.1 Å². The lowest BCUT2D eigenvalue weighted by molar-refractivity contribution is -0.142. The molecule has 0 saturated heterocycles. The molecule has 0 radical (unpaired) electrons. The average Bonchev–Trinajstić information content (AvgIpc) is 2.70. The number of amides is 1. The molecule has 1 rings (SSSR count). The lowest BCUT2D eigenvalue weighted by Crippen LogP contribution is -2.43. The van der Waals surface area contributed by atoms with Crippen LogP contribution in [0.15, 0.2) is 15.9 Å². The van der Waals surface area contributed by atoms with E-state index in [1.165, 1.54) is 11.3 Å². The summed E-state index contributed by atoms with van der Waals surface area (Å²) < 4.78 is 13.2. The normalized spacial score (nSPS) is 14.1. The Hall–Kier alpha value is -0.950. The van der Waals surface area contributed by atoms with Gasteiger partial charge in [-0.1, -0.05) is 0 Å². The van der Waals surface area contributed by atoms with E-state index in [4.69, 9.17) is 5.11 Å². The van der Waals surface area contributed by atoms with E-state index in [2.05, 4.69) is 21.2 Å². The standard InChI is InChI=1S/C10H11BrFNO3S/c1-5(7-2-3-8(11)17-7)9(14)13-6(4-12)10(15)16/h2-3,5-6H,4H2,1H3,(H,13,14)(H,15,16). The third kappa shape index (κ3) is 3.78. The van der Waals surface area contributed by atoms with Crippen LogP contribution in [0.25, 0.3) is 0 Å². The number of carbonyl (C=O) groups is 2. The molecule has 0 aliphatic rings. The zero-order valence-electron chi connectivity index (χ0n) is 8.94. The Balaban J connectivity index is 2.67. The minimum atomic E-state index is -1.48. The van der Waals surface area contributed by atoms with E-state index in [0.717, 1.165) is 8.66 Å². The molecule has 0 aliphatic carbocycles. The number of thiophene rings is 1. The average molecular weight is 324 g/mol. The first-order valence-electron chi connectivity index (χ1n) is 4.80. The van der Waals surface area contributed by atoms with Gasteiger partial charge in [-0.2, -0.15) is 0 Å². The van der Waals surface area contributed by atoms with Crippen LogP contribution in [0.4, 0.5) is 4.39 Å². The predicted octanol–water partition coefficient (Wildman–Crippen LogP) is 2.15. The van der Waals surface area contributed by atoms with Gasteiger partial charge in [-0.25, -0.2) is 9.18 Å². The molecule has 94 valence electrons. The highest BCUT2D eigenvalue weighted by molar-refractivity contribution is 9.11. The first kappa shape index (κ1) is 14.1. The first-order valence-corrected chi connectivity index (χ1v) is 6.41. The number of nitrogens with one attached hydrogen (secondary N) is 1. The molecule has 7 heteroatoms. The Bertz CT molecular complexity index is 423. The SMILES string of the molecule is CC(C(=O)NC(CF)C(=O)O)c1ccc(Br)s1. The van der Waals surface area contributed by atoms with Crippen LogP contribution in [0.2, 0.25) is 0 Å². The lowest BCUT2D eigenvalue weighted by Gasteiger charge is -2.14. The Morgan fingerprint density at radius 1 is 1.59 bits per heavy atom. The van der Waals surface area contributed by atoms with Gasteiger partial charge in [-0.3, -0.25) is 4.79 Å². The van der Waals surface area contributed by atoms with Crippen LogP contribution >= 0.6 is 27.3 Å². The van der Waals surface area contributed by atoms with Crippen molar-refractivity contribution < 1.29 is 19.1 Å². The predicted molar refractivity (Wildman–Crippen MR) is 66.0 cm³/mol. The molecule has 0 fully saturated rings. The van der Waals surface area contributed by atoms with Crippen molar-refractivity contribution in [2.45, 2.75) is 18.9 Å². The van der Waals surface area contributed by atoms with Crippen molar-refractivity contribution >= 4 is 39.1 Å². The van der Waals surface area contributed by atoms with Gasteiger partial charge in [0.05, 0.1) is 9.70 Å². The molecule has 2 N–H and O–H groups in total. The quantitative estimate of drug-likeness (QED) is 0.872. The molecule has 0 bridgehead atoms. The molecule has 1 amide bonds. The van der Waals surface area contributed by atoms with Gasteiger partial charge in [0.2, 0.25) is 5.91 Å². The number of carboxylic acid groups (broad SMARTS) is 1. The summed E-state index contributed by atoms with van der Waals surface area (Å²) in [5.41, 5.74) is 0. The van der Waals surface area contributed by atoms with Crippen LogP contribution in [-0.2, 0) is 9.59 Å². The van der Waals surface area contributed by atoms with Crippen LogP contribution in [0, 0.1) is 0 Å². The highest BCUT2D eigenvalue weighted by Crippen LogP contribution is 2.28. The highest BCUT2D eigenvalue weighted by atomic mass is 79.9. The fourth-order valence-corrected chi connectivity index (χ4v) is 2.63. The first-order chi connectivity index (χ1) is 7.95. The third-order valence-corrected chi connectivity index (χ3v) is 3.99. The van der Waals surface area contributed by atoms with Crippen LogP contribution in [0.1, 0.15) is 17.7 Å². The largest absolute Gasteiger partial charge is 0.480 e. The van der Waals surface area contributed by atoms with Crippen LogP contribution in [0.3, 0.4) is 0 Å². The molecular weight excluding hydrogens is 313 g/mol. The Morgan fingerprint density at radius 2 is 2.24 bits per heavy atom. The molecule has 0 spiro atoms. The maximum absolute atomic E-state index is 12.3. The molecule has 1 heterocycles. The second-order valence-corrected chi connectivity index (χ2v) is 5.91. The van der Waals surface area contributed by atoms with Crippen LogP contribution in [-0.4, -0.2) is 29.7 Å². The molecule has 17 heavy (non-hydrogen) atoms. The monoisotopic (exact) mass is 323 g/mol. The summed E-state index contributed by atoms with van der Waals surface area (Å²) in [4.78, 5) is 23.0. The van der Waals surface area contributed by atoms with Crippen molar-refractivity contribution in [2.75, 3.05) is 6.67 Å². The fraction of sp³-hybridized carbons (Fsp3) is 0.400. The Labute approximate surface area is 110 Å². The molecule has 4 nitrogen and oxygen atoms in total. The zero-order chi connectivity index (χ0) is 13.0. The number of halogens is 2. The van der Waals surface area contributed by atoms with Gasteiger partial charge < -0.3 is 10.4 Å². The van der Waals surface area contributed by atoms with E-state index in [-0.39, 0.29) is 0 Å². The molecular formula is C10H11BrFNO3S. The van der Waals surface area contributed by atoms with Crippen molar-refractivity contribution in [1.29, 1.82) is 0 Å². The van der Waals surface area contributed by atoms with Gasteiger partial charge in [0.15, 0.2) is 6.04 Å². The van der Waals surface area contributed by atoms with Gasteiger partial charge in [-0.15, -0.1) is 11.3 Å². The second-order valence-electron chi connectivity index (χ2n) is 3.42. The number of rotatable bonds is 5. The molecule has 0 saturated carbocycles. The number of hydrogen-bond acceptors (Lipinski definition) is 3. The number of carbonyl (C=O) groups excluding carboxylic acids is 1. The van der Waals surface area contributed by atoms with Crippen molar-refractivity contribution in [3.05, 3.63) is 20.8 Å². The minimum Gasteiger partial charge on any atom is -0.480 e. The van der Waals surface area contributed by atoms with Crippen molar-refractivity contribution in [3.8, 4) is 0 Å². The summed E-state index contributed by atoms with van der Waals surface area (Å²) in [5.74, 6) is -2.37. The van der Waals surface area contributed by atoms with Gasteiger partial charge in [0, 0.05) is 4.88 Å². The molecule has 0 aromatic carbocycles. The molecule has 2 atom stereocenters. The van der Waals surface area contributed by atoms with Gasteiger partial charge >= 0.3 is 5.97 Å². The summed E-state index contributed by atoms with van der Waals surface area (Å²) in [5, 5.41) is 10.8. The third-order valence-electron chi connectivity index (χ3n) is 2.18. The molecule has 0 aliphatic heterocycles. The van der Waals surface area contributed by atoms with Gasteiger partial charge in [0.25, 0.3) is 0 Å². The summed E-state index contributed by atoms with van der Waals surface area (Å²) in [6.07, 6.45) is 0. The summed E-state index contributed by atoms with van der Waals surface area (Å²) in [6, 6.07) is 2.09. The number of alkyl halides is 1. The summed E-state index contributed by atoms with van der Waals surface area (Å²) in [7, 11) is 0. The van der Waals surface area contributed by atoms with Crippen LogP contribution < -0.4 is 5.32 Å².